The molecule has 0 bridgehead atoms. The predicted octanol–water partition coefficient (Wildman–Crippen LogP) is 2.54. The Bertz CT molecular complexity index is 1620. The second-order valence-electron chi connectivity index (χ2n) is 8.21. The van der Waals surface area contributed by atoms with Crippen molar-refractivity contribution in [3.8, 4) is 11.6 Å². The first kappa shape index (κ1) is 26.2. The van der Waals surface area contributed by atoms with Crippen molar-refractivity contribution in [2.24, 2.45) is 0 Å². The number of sulfone groups is 1. The standard InChI is InChI=1S/C24H23BrN6O5S/c1-15(29-23(32)17-10-18(25)12-20(11-17)37(3,34)35)21-22(27-9-8-26-21)31-24(33)30(14-28-31)13-16-4-6-19(36-2)7-5-16/h4-12,14-15H,13H2,1-3H3,(H,29,32). The van der Waals surface area contributed by atoms with Gasteiger partial charge in [0.25, 0.3) is 5.91 Å². The number of hydrogen-bond donors (Lipinski definition) is 1. The lowest BCUT2D eigenvalue weighted by Crippen LogP contribution is -2.31. The average molecular weight is 587 g/mol. The van der Waals surface area contributed by atoms with Crippen molar-refractivity contribution >= 4 is 31.7 Å². The zero-order valence-electron chi connectivity index (χ0n) is 20.1. The van der Waals surface area contributed by atoms with Crippen LogP contribution in [0.1, 0.15) is 34.6 Å². The van der Waals surface area contributed by atoms with Crippen LogP contribution in [0.15, 0.2) is 75.3 Å². The van der Waals surface area contributed by atoms with Crippen LogP contribution in [0.25, 0.3) is 5.82 Å². The maximum atomic E-state index is 13.1. The van der Waals surface area contributed by atoms with Gasteiger partial charge >= 0.3 is 5.69 Å². The van der Waals surface area contributed by atoms with Gasteiger partial charge in [0.1, 0.15) is 17.8 Å². The molecule has 4 aromatic rings. The number of benzene rings is 2. The fraction of sp³-hybridized carbons (Fsp3) is 0.208. The summed E-state index contributed by atoms with van der Waals surface area (Å²) in [6, 6.07) is 10.9. The number of amides is 1. The largest absolute Gasteiger partial charge is 0.497 e. The Labute approximate surface area is 221 Å². The summed E-state index contributed by atoms with van der Waals surface area (Å²) in [6.07, 6.45) is 5.34. The zero-order valence-corrected chi connectivity index (χ0v) is 22.5. The molecule has 1 atom stereocenters. The third-order valence-electron chi connectivity index (χ3n) is 5.47. The fourth-order valence-electron chi connectivity index (χ4n) is 3.58. The number of ether oxygens (including phenoxy) is 1. The lowest BCUT2D eigenvalue weighted by atomic mass is 10.1. The van der Waals surface area contributed by atoms with Gasteiger partial charge in [-0.1, -0.05) is 28.1 Å². The number of nitrogens with one attached hydrogen (secondary N) is 1. The number of nitrogens with zero attached hydrogens (tertiary/aromatic N) is 5. The number of hydrogen-bond acceptors (Lipinski definition) is 8. The van der Waals surface area contributed by atoms with Gasteiger partial charge in [0.15, 0.2) is 15.7 Å². The van der Waals surface area contributed by atoms with E-state index >= 15 is 0 Å². The highest BCUT2D eigenvalue weighted by Crippen LogP contribution is 2.21. The molecule has 192 valence electrons. The van der Waals surface area contributed by atoms with E-state index in [4.69, 9.17) is 4.74 Å². The fourth-order valence-corrected chi connectivity index (χ4v) is 4.91. The Hall–Kier alpha value is -3.84. The summed E-state index contributed by atoms with van der Waals surface area (Å²) >= 11 is 3.25. The van der Waals surface area contributed by atoms with E-state index in [-0.39, 0.29) is 22.8 Å². The molecule has 1 N–H and O–H groups in total. The molecule has 2 aromatic carbocycles. The lowest BCUT2D eigenvalue weighted by molar-refractivity contribution is 0.0938. The maximum absolute atomic E-state index is 13.1. The average Bonchev–Trinajstić information content (AvgIpc) is 3.23. The minimum absolute atomic E-state index is 0.00817. The number of rotatable bonds is 8. The van der Waals surface area contributed by atoms with Gasteiger partial charge in [-0.15, -0.1) is 0 Å². The zero-order chi connectivity index (χ0) is 26.7. The monoisotopic (exact) mass is 586 g/mol. The first-order valence-corrected chi connectivity index (χ1v) is 13.7. The SMILES string of the molecule is COc1ccc(Cn2cnn(-c3nccnc3C(C)NC(=O)c3cc(Br)cc(S(C)(=O)=O)c3)c2=O)cc1. The summed E-state index contributed by atoms with van der Waals surface area (Å²) < 4.78 is 32.1. The molecular formula is C24H23BrN6O5S. The first-order valence-electron chi connectivity index (χ1n) is 11.0. The number of carbonyl (C=O) groups is 1. The van der Waals surface area contributed by atoms with Crippen molar-refractivity contribution < 1.29 is 17.9 Å². The van der Waals surface area contributed by atoms with Crippen LogP contribution >= 0.6 is 15.9 Å². The molecule has 1 amide bonds. The topological polar surface area (TPSA) is 138 Å². The minimum atomic E-state index is -3.52. The van der Waals surface area contributed by atoms with E-state index in [2.05, 4.69) is 36.3 Å². The van der Waals surface area contributed by atoms with Crippen molar-refractivity contribution in [3.63, 3.8) is 0 Å². The van der Waals surface area contributed by atoms with Crippen LogP contribution < -0.4 is 15.7 Å². The summed E-state index contributed by atoms with van der Waals surface area (Å²) in [5.41, 5.74) is 0.907. The molecule has 11 nitrogen and oxygen atoms in total. The Balaban J connectivity index is 1.59. The van der Waals surface area contributed by atoms with Crippen LogP contribution in [0.4, 0.5) is 0 Å². The van der Waals surface area contributed by atoms with Gasteiger partial charge in [-0.25, -0.2) is 18.2 Å². The summed E-state index contributed by atoms with van der Waals surface area (Å²) in [7, 11) is -1.94. The molecule has 0 radical (unpaired) electrons. The molecule has 0 spiro atoms. The van der Waals surface area contributed by atoms with E-state index < -0.39 is 27.5 Å². The molecule has 4 rings (SSSR count). The summed E-state index contributed by atoms with van der Waals surface area (Å²) in [4.78, 5) is 34.7. The molecule has 2 heterocycles. The van der Waals surface area contributed by atoms with E-state index in [1.165, 1.54) is 41.5 Å². The van der Waals surface area contributed by atoms with E-state index in [1.807, 2.05) is 12.1 Å². The normalized spacial score (nSPS) is 12.2. The van der Waals surface area contributed by atoms with Crippen LogP contribution in [-0.4, -0.2) is 52.0 Å². The van der Waals surface area contributed by atoms with E-state index in [1.54, 1.807) is 26.2 Å². The Kier molecular flexibility index (Phi) is 7.55. The van der Waals surface area contributed by atoms with E-state index in [0.29, 0.717) is 15.9 Å². The van der Waals surface area contributed by atoms with Crippen molar-refractivity contribution in [2.45, 2.75) is 24.4 Å². The predicted molar refractivity (Wildman–Crippen MR) is 139 cm³/mol. The highest BCUT2D eigenvalue weighted by atomic mass is 79.9. The van der Waals surface area contributed by atoms with Gasteiger partial charge in [0.05, 0.1) is 24.6 Å². The van der Waals surface area contributed by atoms with Gasteiger partial charge in [-0.3, -0.25) is 14.3 Å². The smallest absolute Gasteiger partial charge is 0.352 e. The molecule has 1 unspecified atom stereocenters. The maximum Gasteiger partial charge on any atom is 0.352 e. The second-order valence-corrected chi connectivity index (χ2v) is 11.1. The lowest BCUT2D eigenvalue weighted by Gasteiger charge is -2.16. The Morgan fingerprint density at radius 2 is 1.84 bits per heavy atom. The van der Waals surface area contributed by atoms with Crippen LogP contribution in [0.5, 0.6) is 5.75 Å². The molecule has 0 aliphatic heterocycles. The van der Waals surface area contributed by atoms with Gasteiger partial charge in [0, 0.05) is 28.7 Å². The first-order chi connectivity index (χ1) is 17.6. The van der Waals surface area contributed by atoms with Crippen LogP contribution in [0.3, 0.4) is 0 Å². The number of aromatic nitrogens is 5. The molecule has 2 aromatic heterocycles. The number of methoxy groups -OCH3 is 1. The minimum Gasteiger partial charge on any atom is -0.497 e. The Morgan fingerprint density at radius 3 is 2.51 bits per heavy atom. The van der Waals surface area contributed by atoms with E-state index in [9.17, 15) is 18.0 Å². The van der Waals surface area contributed by atoms with Crippen molar-refractivity contribution in [2.75, 3.05) is 13.4 Å². The quantitative estimate of drug-likeness (QED) is 0.332. The summed E-state index contributed by atoms with van der Waals surface area (Å²) in [6.45, 7) is 1.97. The molecule has 0 fully saturated rings. The third kappa shape index (κ3) is 5.94. The summed E-state index contributed by atoms with van der Waals surface area (Å²) in [5.74, 6) is 0.356. The highest BCUT2D eigenvalue weighted by Gasteiger charge is 2.21. The number of carbonyl (C=O) groups excluding carboxylic acids is 1. The van der Waals surface area contributed by atoms with Crippen molar-refractivity contribution in [1.82, 2.24) is 29.6 Å². The highest BCUT2D eigenvalue weighted by molar-refractivity contribution is 9.10. The molecule has 37 heavy (non-hydrogen) atoms. The molecule has 0 saturated carbocycles. The van der Waals surface area contributed by atoms with Crippen LogP contribution in [0, 0.1) is 0 Å². The second kappa shape index (κ2) is 10.6. The van der Waals surface area contributed by atoms with Gasteiger partial charge in [-0.05, 0) is 42.8 Å². The van der Waals surface area contributed by atoms with Gasteiger partial charge in [-0.2, -0.15) is 9.78 Å². The third-order valence-corrected chi connectivity index (χ3v) is 7.02. The Morgan fingerprint density at radius 1 is 1.14 bits per heavy atom. The molecular weight excluding hydrogens is 564 g/mol. The van der Waals surface area contributed by atoms with Gasteiger partial charge in [0.2, 0.25) is 0 Å². The van der Waals surface area contributed by atoms with Crippen molar-refractivity contribution in [3.05, 3.63) is 93.0 Å². The molecule has 0 saturated heterocycles. The van der Waals surface area contributed by atoms with Crippen molar-refractivity contribution in [1.29, 1.82) is 0 Å². The molecule has 13 heteroatoms. The van der Waals surface area contributed by atoms with Gasteiger partial charge < -0.3 is 10.1 Å². The van der Waals surface area contributed by atoms with Crippen LogP contribution in [-0.2, 0) is 16.4 Å². The van der Waals surface area contributed by atoms with Crippen LogP contribution in [0.2, 0.25) is 0 Å². The molecule has 0 aliphatic rings. The molecule has 0 aliphatic carbocycles. The summed E-state index contributed by atoms with van der Waals surface area (Å²) in [5, 5.41) is 6.99. The number of halogens is 1. The van der Waals surface area contributed by atoms with E-state index in [0.717, 1.165) is 16.5 Å².